The summed E-state index contributed by atoms with van der Waals surface area (Å²) in [6.07, 6.45) is 1.56. The fourth-order valence-corrected chi connectivity index (χ4v) is 1.78. The molecule has 0 aliphatic rings. The third-order valence-electron chi connectivity index (χ3n) is 2.73. The van der Waals surface area contributed by atoms with Crippen LogP contribution >= 0.6 is 0 Å². The first-order chi connectivity index (χ1) is 9.47. The van der Waals surface area contributed by atoms with Gasteiger partial charge in [0.2, 0.25) is 0 Å². The predicted octanol–water partition coefficient (Wildman–Crippen LogP) is 1.62. The zero-order valence-electron chi connectivity index (χ0n) is 11.3. The number of hydrogen-bond donors (Lipinski definition) is 2. The van der Waals surface area contributed by atoms with Crippen LogP contribution in [0.4, 0.5) is 4.39 Å². The average molecular weight is 273 g/mol. The summed E-state index contributed by atoms with van der Waals surface area (Å²) in [5.74, 6) is 5.30. The fourth-order valence-electron chi connectivity index (χ4n) is 1.78. The molecular formula is C14H16FN5. The van der Waals surface area contributed by atoms with Crippen molar-refractivity contribution in [1.29, 1.82) is 0 Å². The third kappa shape index (κ3) is 3.10. The van der Waals surface area contributed by atoms with Gasteiger partial charge in [-0.1, -0.05) is 18.2 Å². The summed E-state index contributed by atoms with van der Waals surface area (Å²) in [4.78, 5) is 4.17. The van der Waals surface area contributed by atoms with Crippen LogP contribution < -0.4 is 11.6 Å². The van der Waals surface area contributed by atoms with E-state index in [9.17, 15) is 4.39 Å². The zero-order valence-corrected chi connectivity index (χ0v) is 11.3. The number of nitrogens with two attached hydrogens (primary N) is 2. The topological polar surface area (TPSA) is 80.5 Å². The first-order valence-electron chi connectivity index (χ1n) is 6.03. The summed E-state index contributed by atoms with van der Waals surface area (Å²) in [5.41, 5.74) is 8.27. The van der Waals surface area contributed by atoms with Crippen LogP contribution in [0.3, 0.4) is 0 Å². The number of benzene rings is 1. The third-order valence-corrected chi connectivity index (χ3v) is 2.73. The summed E-state index contributed by atoms with van der Waals surface area (Å²) in [6.45, 7) is 1.84. The minimum absolute atomic E-state index is 0.200. The second kappa shape index (κ2) is 5.66. The number of hydrazine groups is 1. The number of amidine groups is 1. The smallest absolute Gasteiger partial charge is 0.171 e. The van der Waals surface area contributed by atoms with E-state index in [0.29, 0.717) is 16.8 Å². The molecule has 0 atom stereocenters. The summed E-state index contributed by atoms with van der Waals surface area (Å²) in [6, 6.07) is 8.49. The number of halogens is 1. The van der Waals surface area contributed by atoms with Crippen molar-refractivity contribution < 1.29 is 4.39 Å². The quantitative estimate of drug-likeness (QED) is 0.385. The van der Waals surface area contributed by atoms with Crippen molar-refractivity contribution in [2.75, 3.05) is 7.05 Å². The van der Waals surface area contributed by atoms with Crippen LogP contribution in [0.1, 0.15) is 11.3 Å². The van der Waals surface area contributed by atoms with Crippen molar-refractivity contribution in [2.24, 2.45) is 16.7 Å². The predicted molar refractivity (Wildman–Crippen MR) is 77.0 cm³/mol. The van der Waals surface area contributed by atoms with Gasteiger partial charge < -0.3 is 5.73 Å². The Morgan fingerprint density at radius 3 is 2.60 bits per heavy atom. The first kappa shape index (κ1) is 14.0. The van der Waals surface area contributed by atoms with Crippen LogP contribution in [0.25, 0.3) is 11.1 Å². The Bertz CT molecular complexity index is 635. The second-order valence-electron chi connectivity index (χ2n) is 4.47. The van der Waals surface area contributed by atoms with E-state index in [1.807, 2.05) is 13.0 Å². The Hall–Kier alpha value is -2.47. The molecule has 0 radical (unpaired) electrons. The first-order valence-corrected chi connectivity index (χ1v) is 6.03. The molecule has 0 saturated carbocycles. The SMILES string of the molecule is Cc1ccc(-c2ccc(/C(N)=N/N(C)N)nc2)c(F)c1. The number of hydrogen-bond acceptors (Lipinski definition) is 4. The fraction of sp³-hybridized carbons (Fsp3) is 0.143. The van der Waals surface area contributed by atoms with Gasteiger partial charge in [-0.25, -0.2) is 15.4 Å². The molecule has 0 fully saturated rings. The minimum Gasteiger partial charge on any atom is -0.380 e. The Kier molecular flexibility index (Phi) is 3.95. The van der Waals surface area contributed by atoms with Crippen molar-refractivity contribution in [1.82, 2.24) is 10.1 Å². The monoisotopic (exact) mass is 273 g/mol. The van der Waals surface area contributed by atoms with E-state index in [1.54, 1.807) is 31.4 Å². The number of hydrazone groups is 1. The van der Waals surface area contributed by atoms with E-state index in [-0.39, 0.29) is 11.7 Å². The molecule has 20 heavy (non-hydrogen) atoms. The van der Waals surface area contributed by atoms with Gasteiger partial charge in [-0.05, 0) is 24.6 Å². The van der Waals surface area contributed by atoms with E-state index >= 15 is 0 Å². The molecule has 0 unspecified atom stereocenters. The minimum atomic E-state index is -0.275. The van der Waals surface area contributed by atoms with E-state index in [1.165, 1.54) is 6.07 Å². The maximum Gasteiger partial charge on any atom is 0.171 e. The molecule has 0 spiro atoms. The summed E-state index contributed by atoms with van der Waals surface area (Å²) < 4.78 is 13.9. The molecule has 1 heterocycles. The highest BCUT2D eigenvalue weighted by Gasteiger charge is 2.07. The van der Waals surface area contributed by atoms with Crippen LogP contribution in [0.15, 0.2) is 41.6 Å². The Morgan fingerprint density at radius 2 is 2.05 bits per heavy atom. The van der Waals surface area contributed by atoms with Crippen molar-refractivity contribution in [3.8, 4) is 11.1 Å². The molecule has 2 aromatic rings. The summed E-state index contributed by atoms with van der Waals surface area (Å²) in [7, 11) is 1.56. The average Bonchev–Trinajstić information content (AvgIpc) is 2.38. The van der Waals surface area contributed by atoms with Crippen LogP contribution in [0.2, 0.25) is 0 Å². The van der Waals surface area contributed by atoms with Gasteiger partial charge in [-0.3, -0.25) is 4.98 Å². The summed E-state index contributed by atoms with van der Waals surface area (Å²) >= 11 is 0. The van der Waals surface area contributed by atoms with Crippen molar-refractivity contribution in [3.63, 3.8) is 0 Å². The van der Waals surface area contributed by atoms with Gasteiger partial charge in [-0.2, -0.15) is 0 Å². The lowest BCUT2D eigenvalue weighted by Crippen LogP contribution is -2.26. The van der Waals surface area contributed by atoms with Crippen molar-refractivity contribution in [3.05, 3.63) is 53.6 Å². The molecule has 0 bridgehead atoms. The molecule has 6 heteroatoms. The molecule has 104 valence electrons. The number of aryl methyl sites for hydroxylation is 1. The lowest BCUT2D eigenvalue weighted by atomic mass is 10.0. The van der Waals surface area contributed by atoms with Gasteiger partial charge >= 0.3 is 0 Å². The maximum atomic E-state index is 13.9. The number of pyridine rings is 1. The molecule has 5 nitrogen and oxygen atoms in total. The number of rotatable bonds is 3. The number of aromatic nitrogens is 1. The standard InChI is InChI=1S/C14H16FN5/c1-9-3-5-11(12(15)7-9)10-4-6-13(18-8-10)14(16)19-20(2)17/h3-8H,17H2,1-2H3,(H2,16,19). The van der Waals surface area contributed by atoms with Crippen LogP contribution in [-0.4, -0.2) is 23.0 Å². The van der Waals surface area contributed by atoms with Crippen molar-refractivity contribution in [2.45, 2.75) is 6.92 Å². The normalized spacial score (nSPS) is 11.5. The van der Waals surface area contributed by atoms with E-state index in [2.05, 4.69) is 10.1 Å². The summed E-state index contributed by atoms with van der Waals surface area (Å²) in [5, 5.41) is 4.95. The highest BCUT2D eigenvalue weighted by Crippen LogP contribution is 2.22. The molecule has 0 aliphatic heterocycles. The largest absolute Gasteiger partial charge is 0.380 e. The lowest BCUT2D eigenvalue weighted by Gasteiger charge is -2.07. The molecule has 4 N–H and O–H groups in total. The van der Waals surface area contributed by atoms with E-state index in [4.69, 9.17) is 11.6 Å². The van der Waals surface area contributed by atoms with Gasteiger partial charge in [0.15, 0.2) is 5.84 Å². The molecule has 1 aromatic heterocycles. The van der Waals surface area contributed by atoms with E-state index in [0.717, 1.165) is 10.7 Å². The van der Waals surface area contributed by atoms with Crippen molar-refractivity contribution >= 4 is 5.84 Å². The van der Waals surface area contributed by atoms with Gasteiger partial charge in [0, 0.05) is 24.4 Å². The van der Waals surface area contributed by atoms with Gasteiger partial charge in [-0.15, -0.1) is 5.10 Å². The highest BCUT2D eigenvalue weighted by atomic mass is 19.1. The van der Waals surface area contributed by atoms with Gasteiger partial charge in [0.1, 0.15) is 11.5 Å². The molecule has 2 rings (SSSR count). The second-order valence-corrected chi connectivity index (χ2v) is 4.47. The van der Waals surface area contributed by atoms with Crippen LogP contribution in [-0.2, 0) is 0 Å². The van der Waals surface area contributed by atoms with Crippen LogP contribution in [0.5, 0.6) is 0 Å². The van der Waals surface area contributed by atoms with Gasteiger partial charge in [0.25, 0.3) is 0 Å². The van der Waals surface area contributed by atoms with Crippen LogP contribution in [0, 0.1) is 12.7 Å². The molecule has 0 saturated heterocycles. The Labute approximate surface area is 116 Å². The highest BCUT2D eigenvalue weighted by molar-refractivity contribution is 5.95. The molecular weight excluding hydrogens is 257 g/mol. The number of nitrogens with zero attached hydrogens (tertiary/aromatic N) is 3. The van der Waals surface area contributed by atoms with Gasteiger partial charge in [0.05, 0.1) is 0 Å². The lowest BCUT2D eigenvalue weighted by molar-refractivity contribution is 0.371. The maximum absolute atomic E-state index is 13.9. The Balaban J connectivity index is 2.33. The molecule has 0 aliphatic carbocycles. The molecule has 0 amide bonds. The Morgan fingerprint density at radius 1 is 1.30 bits per heavy atom. The zero-order chi connectivity index (χ0) is 14.7. The molecule has 1 aromatic carbocycles. The van der Waals surface area contributed by atoms with E-state index < -0.39 is 0 Å².